The first kappa shape index (κ1) is 17.1. The molecule has 0 aliphatic carbocycles. The molecule has 3 N–H and O–H groups in total. The van der Waals surface area contributed by atoms with E-state index in [1.54, 1.807) is 12.1 Å². The Hall–Kier alpha value is -0.980. The number of anilines is 1. The third kappa shape index (κ3) is 5.98. The predicted molar refractivity (Wildman–Crippen MR) is 82.7 cm³/mol. The van der Waals surface area contributed by atoms with Gasteiger partial charge in [-0.2, -0.15) is 0 Å². The highest BCUT2D eigenvalue weighted by molar-refractivity contribution is 9.10. The number of urea groups is 1. The molecule has 0 spiro atoms. The fourth-order valence-electron chi connectivity index (χ4n) is 1.42. The number of hydrogen-bond donors (Lipinski definition) is 3. The normalized spacial score (nSPS) is 10.2. The predicted octanol–water partition coefficient (Wildman–Crippen LogP) is 4.13. The maximum absolute atomic E-state index is 11.6. The van der Waals surface area contributed by atoms with Gasteiger partial charge >= 0.3 is 12.0 Å². The second-order valence-corrected chi connectivity index (χ2v) is 5.71. The van der Waals surface area contributed by atoms with Gasteiger partial charge in [0.05, 0.1) is 15.7 Å². The van der Waals surface area contributed by atoms with Crippen LogP contribution in [0.3, 0.4) is 0 Å². The number of carbonyl (C=O) groups excluding carboxylic acids is 1. The van der Waals surface area contributed by atoms with Crippen LogP contribution in [0.1, 0.15) is 19.3 Å². The maximum atomic E-state index is 11.6. The Bertz CT molecular complexity index is 488. The average molecular weight is 384 g/mol. The fourth-order valence-corrected chi connectivity index (χ4v) is 2.73. The highest BCUT2D eigenvalue weighted by Crippen LogP contribution is 2.33. The lowest BCUT2D eigenvalue weighted by atomic mass is 10.2. The first-order chi connectivity index (χ1) is 9.40. The second-order valence-electron chi connectivity index (χ2n) is 3.98. The molecule has 0 radical (unpaired) electrons. The average Bonchev–Trinajstić information content (AvgIpc) is 2.33. The summed E-state index contributed by atoms with van der Waals surface area (Å²) in [5.74, 6) is -0.845. The number of benzene rings is 1. The molecule has 1 aromatic rings. The lowest BCUT2D eigenvalue weighted by molar-refractivity contribution is -0.137. The Kier molecular flexibility index (Phi) is 7.12. The molecule has 0 aliphatic rings. The molecule has 110 valence electrons. The Morgan fingerprint density at radius 2 is 1.80 bits per heavy atom. The van der Waals surface area contributed by atoms with Gasteiger partial charge in [-0.25, -0.2) is 4.79 Å². The number of aliphatic carboxylic acids is 1. The lowest BCUT2D eigenvalue weighted by Gasteiger charge is -2.11. The van der Waals surface area contributed by atoms with Crippen molar-refractivity contribution in [3.63, 3.8) is 0 Å². The number of unbranched alkanes of at least 4 members (excludes halogenated alkanes) is 1. The highest BCUT2D eigenvalue weighted by Gasteiger charge is 2.10. The molecule has 1 aromatic carbocycles. The molecular weight excluding hydrogens is 371 g/mol. The molecule has 2 amide bonds. The van der Waals surface area contributed by atoms with E-state index in [4.69, 9.17) is 28.3 Å². The molecule has 0 bridgehead atoms. The molecular formula is C12H13BrCl2N2O3. The highest BCUT2D eigenvalue weighted by atomic mass is 79.9. The van der Waals surface area contributed by atoms with Gasteiger partial charge in [-0.1, -0.05) is 39.1 Å². The van der Waals surface area contributed by atoms with E-state index < -0.39 is 12.0 Å². The number of carboxylic acid groups (broad SMARTS) is 1. The molecule has 1 rings (SSSR count). The standard InChI is InChI=1S/C12H13BrCl2N2O3/c13-7-5-8(14)11(9(15)6-7)17-12(20)16-4-2-1-3-10(18)19/h5-6H,1-4H2,(H,18,19)(H2,16,17,20). The molecule has 0 aromatic heterocycles. The summed E-state index contributed by atoms with van der Waals surface area (Å²) in [7, 11) is 0. The SMILES string of the molecule is O=C(O)CCCCNC(=O)Nc1c(Cl)cc(Br)cc1Cl. The summed E-state index contributed by atoms with van der Waals surface area (Å²) in [4.78, 5) is 21.9. The number of rotatable bonds is 6. The topological polar surface area (TPSA) is 78.4 Å². The summed E-state index contributed by atoms with van der Waals surface area (Å²) >= 11 is 15.2. The molecule has 0 saturated heterocycles. The van der Waals surface area contributed by atoms with Crippen LogP contribution in [0.2, 0.25) is 10.0 Å². The minimum absolute atomic E-state index is 0.0909. The van der Waals surface area contributed by atoms with Crippen molar-refractivity contribution >= 4 is 56.8 Å². The first-order valence-corrected chi connectivity index (χ1v) is 7.36. The molecule has 0 unspecified atom stereocenters. The Labute approximate surface area is 134 Å². The van der Waals surface area contributed by atoms with Gasteiger partial charge < -0.3 is 15.7 Å². The van der Waals surface area contributed by atoms with Crippen molar-refractivity contribution < 1.29 is 14.7 Å². The van der Waals surface area contributed by atoms with Gasteiger partial charge in [-0.05, 0) is 25.0 Å². The van der Waals surface area contributed by atoms with Gasteiger partial charge in [0.25, 0.3) is 0 Å². The third-order valence-electron chi connectivity index (χ3n) is 2.35. The molecule has 0 heterocycles. The van der Waals surface area contributed by atoms with Crippen LogP contribution in [0.25, 0.3) is 0 Å². The van der Waals surface area contributed by atoms with E-state index in [0.717, 1.165) is 0 Å². The summed E-state index contributed by atoms with van der Waals surface area (Å²) in [6.45, 7) is 0.380. The molecule has 0 atom stereocenters. The van der Waals surface area contributed by atoms with Crippen LogP contribution in [0.5, 0.6) is 0 Å². The molecule has 20 heavy (non-hydrogen) atoms. The van der Waals surface area contributed by atoms with E-state index in [2.05, 4.69) is 26.6 Å². The van der Waals surface area contributed by atoms with Crippen molar-refractivity contribution in [2.45, 2.75) is 19.3 Å². The van der Waals surface area contributed by atoms with Crippen LogP contribution in [0.4, 0.5) is 10.5 Å². The van der Waals surface area contributed by atoms with Gasteiger partial charge in [-0.3, -0.25) is 4.79 Å². The van der Waals surface area contributed by atoms with E-state index in [0.29, 0.717) is 39.6 Å². The van der Waals surface area contributed by atoms with E-state index in [9.17, 15) is 9.59 Å². The van der Waals surface area contributed by atoms with E-state index in [1.165, 1.54) is 0 Å². The van der Waals surface area contributed by atoms with Crippen molar-refractivity contribution in [3.8, 4) is 0 Å². The molecule has 0 aliphatic heterocycles. The zero-order chi connectivity index (χ0) is 15.1. The summed E-state index contributed by atoms with van der Waals surface area (Å²) in [6.07, 6.45) is 1.19. The van der Waals surface area contributed by atoms with Gasteiger partial charge in [0, 0.05) is 17.4 Å². The van der Waals surface area contributed by atoms with Crippen LogP contribution in [0, 0.1) is 0 Å². The van der Waals surface area contributed by atoms with Crippen molar-refractivity contribution in [3.05, 3.63) is 26.7 Å². The zero-order valence-electron chi connectivity index (χ0n) is 10.4. The number of nitrogens with one attached hydrogen (secondary N) is 2. The Balaban J connectivity index is 2.41. The number of carbonyl (C=O) groups is 2. The summed E-state index contributed by atoms with van der Waals surface area (Å²) in [6, 6.07) is 2.80. The van der Waals surface area contributed by atoms with Crippen LogP contribution < -0.4 is 10.6 Å². The van der Waals surface area contributed by atoms with Crippen molar-refractivity contribution in [1.82, 2.24) is 5.32 Å². The van der Waals surface area contributed by atoms with Crippen LogP contribution in [0.15, 0.2) is 16.6 Å². The number of halogens is 3. The van der Waals surface area contributed by atoms with Crippen molar-refractivity contribution in [1.29, 1.82) is 0 Å². The zero-order valence-corrected chi connectivity index (χ0v) is 13.5. The number of hydrogen-bond acceptors (Lipinski definition) is 2. The van der Waals surface area contributed by atoms with Gasteiger partial charge in [-0.15, -0.1) is 0 Å². The van der Waals surface area contributed by atoms with Crippen molar-refractivity contribution in [2.75, 3.05) is 11.9 Å². The quantitative estimate of drug-likeness (QED) is 0.646. The molecule has 8 heteroatoms. The number of amides is 2. The van der Waals surface area contributed by atoms with E-state index in [1.807, 2.05) is 0 Å². The monoisotopic (exact) mass is 382 g/mol. The minimum Gasteiger partial charge on any atom is -0.481 e. The van der Waals surface area contributed by atoms with Crippen LogP contribution in [-0.4, -0.2) is 23.7 Å². The Morgan fingerprint density at radius 1 is 1.20 bits per heavy atom. The van der Waals surface area contributed by atoms with E-state index in [-0.39, 0.29) is 6.42 Å². The Morgan fingerprint density at radius 3 is 2.35 bits per heavy atom. The van der Waals surface area contributed by atoms with Crippen LogP contribution in [-0.2, 0) is 4.79 Å². The number of carboxylic acids is 1. The molecule has 0 saturated carbocycles. The minimum atomic E-state index is -0.845. The van der Waals surface area contributed by atoms with Gasteiger partial charge in [0.15, 0.2) is 0 Å². The van der Waals surface area contributed by atoms with Crippen LogP contribution >= 0.6 is 39.1 Å². The summed E-state index contributed by atoms with van der Waals surface area (Å²) in [5.41, 5.74) is 0.333. The fraction of sp³-hybridized carbons (Fsp3) is 0.333. The van der Waals surface area contributed by atoms with Crippen molar-refractivity contribution in [2.24, 2.45) is 0 Å². The second kappa shape index (κ2) is 8.34. The molecule has 5 nitrogen and oxygen atoms in total. The lowest BCUT2D eigenvalue weighted by Crippen LogP contribution is -2.29. The molecule has 0 fully saturated rings. The van der Waals surface area contributed by atoms with Gasteiger partial charge in [0.1, 0.15) is 0 Å². The maximum Gasteiger partial charge on any atom is 0.319 e. The summed E-state index contributed by atoms with van der Waals surface area (Å²) < 4.78 is 0.715. The first-order valence-electron chi connectivity index (χ1n) is 5.81. The third-order valence-corrected chi connectivity index (χ3v) is 3.40. The van der Waals surface area contributed by atoms with Gasteiger partial charge in [0.2, 0.25) is 0 Å². The summed E-state index contributed by atoms with van der Waals surface area (Å²) in [5, 5.41) is 14.3. The smallest absolute Gasteiger partial charge is 0.319 e. The largest absolute Gasteiger partial charge is 0.481 e. The van der Waals surface area contributed by atoms with E-state index >= 15 is 0 Å².